The van der Waals surface area contributed by atoms with Gasteiger partial charge in [-0.25, -0.2) is 4.79 Å². The summed E-state index contributed by atoms with van der Waals surface area (Å²) in [6.07, 6.45) is 0.0677. The van der Waals surface area contributed by atoms with Gasteiger partial charge in [-0.2, -0.15) is 0 Å². The van der Waals surface area contributed by atoms with Crippen LogP contribution < -0.4 is 5.32 Å². The number of hydrogen-bond donors (Lipinski definition) is 1. The highest BCUT2D eigenvalue weighted by Crippen LogP contribution is 2.39. The lowest BCUT2D eigenvalue weighted by molar-refractivity contribution is -0.140. The maximum absolute atomic E-state index is 13.4. The van der Waals surface area contributed by atoms with Crippen molar-refractivity contribution in [2.45, 2.75) is 45.7 Å². The van der Waals surface area contributed by atoms with Crippen molar-refractivity contribution in [2.75, 3.05) is 6.61 Å². The van der Waals surface area contributed by atoms with E-state index in [0.717, 1.165) is 11.1 Å². The van der Waals surface area contributed by atoms with Gasteiger partial charge in [0, 0.05) is 23.6 Å². The van der Waals surface area contributed by atoms with Gasteiger partial charge in [-0.05, 0) is 61.7 Å². The monoisotopic (exact) mass is 564 g/mol. The fourth-order valence-corrected chi connectivity index (χ4v) is 5.10. The van der Waals surface area contributed by atoms with Crippen LogP contribution in [0.3, 0.4) is 0 Å². The minimum Gasteiger partial charge on any atom is -0.463 e. The minimum absolute atomic E-state index is 0.0677. The van der Waals surface area contributed by atoms with Crippen molar-refractivity contribution in [2.24, 2.45) is 0 Å². The predicted molar refractivity (Wildman–Crippen MR) is 152 cm³/mol. The van der Waals surface area contributed by atoms with Gasteiger partial charge in [0.1, 0.15) is 0 Å². The maximum Gasteiger partial charge on any atom is 0.336 e. The first kappa shape index (κ1) is 28.4. The zero-order chi connectivity index (χ0) is 28.1. The lowest BCUT2D eigenvalue weighted by atomic mass is 9.83. The fourth-order valence-electron chi connectivity index (χ4n) is 4.79. The number of allylic oxidation sites excluding steroid dienone is 1. The zero-order valence-electron chi connectivity index (χ0n) is 22.0. The summed E-state index contributed by atoms with van der Waals surface area (Å²) < 4.78 is 5.37. The molecular weight excluding hydrogens is 535 g/mol. The van der Waals surface area contributed by atoms with E-state index in [9.17, 15) is 14.4 Å². The van der Waals surface area contributed by atoms with Crippen LogP contribution >= 0.6 is 23.2 Å². The van der Waals surface area contributed by atoms with Crippen LogP contribution in [0.25, 0.3) is 0 Å². The average molecular weight is 565 g/mol. The summed E-state index contributed by atoms with van der Waals surface area (Å²) in [5, 5.41) is 3.76. The maximum atomic E-state index is 13.4. The highest BCUT2D eigenvalue weighted by Gasteiger charge is 2.37. The lowest BCUT2D eigenvalue weighted by Gasteiger charge is -2.34. The highest BCUT2D eigenvalue weighted by molar-refractivity contribution is 6.42. The van der Waals surface area contributed by atoms with E-state index in [1.807, 2.05) is 43.3 Å². The number of carbonyl (C=O) groups excluding carboxylic acids is 3. The van der Waals surface area contributed by atoms with Crippen LogP contribution in [0.4, 0.5) is 0 Å². The number of rotatable bonds is 8. The Morgan fingerprint density at radius 2 is 1.77 bits per heavy atom. The molecule has 0 aromatic heterocycles. The summed E-state index contributed by atoms with van der Waals surface area (Å²) in [5.74, 6) is -1.35. The van der Waals surface area contributed by atoms with Gasteiger partial charge in [0.05, 0.1) is 34.8 Å². The van der Waals surface area contributed by atoms with Crippen molar-refractivity contribution >= 4 is 41.0 Å². The molecule has 6 nitrogen and oxygen atoms in total. The van der Waals surface area contributed by atoms with Gasteiger partial charge in [0.25, 0.3) is 5.91 Å². The molecule has 1 aliphatic rings. The van der Waals surface area contributed by atoms with Crippen molar-refractivity contribution in [1.29, 1.82) is 0 Å². The molecule has 39 heavy (non-hydrogen) atoms. The number of ether oxygens (including phenoxy) is 1. The second kappa shape index (κ2) is 12.5. The Balaban J connectivity index is 1.60. The van der Waals surface area contributed by atoms with E-state index < -0.39 is 11.9 Å². The van der Waals surface area contributed by atoms with Crippen molar-refractivity contribution in [3.63, 3.8) is 0 Å². The Morgan fingerprint density at radius 3 is 2.46 bits per heavy atom. The third-order valence-corrected chi connectivity index (χ3v) is 7.58. The Labute approximate surface area is 238 Å². The molecule has 0 saturated heterocycles. The van der Waals surface area contributed by atoms with Gasteiger partial charge in [0.2, 0.25) is 5.91 Å². The van der Waals surface area contributed by atoms with Crippen molar-refractivity contribution < 1.29 is 19.1 Å². The van der Waals surface area contributed by atoms with E-state index >= 15 is 0 Å². The molecule has 0 fully saturated rings. The van der Waals surface area contributed by atoms with Crippen molar-refractivity contribution in [3.8, 4) is 0 Å². The number of esters is 1. The van der Waals surface area contributed by atoms with E-state index in [-0.39, 0.29) is 37.4 Å². The summed E-state index contributed by atoms with van der Waals surface area (Å²) >= 11 is 12.3. The highest BCUT2D eigenvalue weighted by atomic mass is 35.5. The van der Waals surface area contributed by atoms with Crippen LogP contribution in [0.5, 0.6) is 0 Å². The quantitative estimate of drug-likeness (QED) is 0.304. The second-order valence-electron chi connectivity index (χ2n) is 9.44. The Kier molecular flexibility index (Phi) is 9.10. The van der Waals surface area contributed by atoms with Crippen molar-refractivity contribution in [1.82, 2.24) is 10.2 Å². The summed E-state index contributed by atoms with van der Waals surface area (Å²) in [6, 6.07) is 21.8. The van der Waals surface area contributed by atoms with Gasteiger partial charge < -0.3 is 15.0 Å². The van der Waals surface area contributed by atoms with E-state index in [0.29, 0.717) is 32.4 Å². The molecule has 1 aliphatic heterocycles. The van der Waals surface area contributed by atoms with Gasteiger partial charge >= 0.3 is 5.97 Å². The summed E-state index contributed by atoms with van der Waals surface area (Å²) in [4.78, 5) is 41.0. The van der Waals surface area contributed by atoms with E-state index in [2.05, 4.69) is 5.32 Å². The molecule has 0 aliphatic carbocycles. The normalized spacial score (nSPS) is 16.2. The first-order valence-electron chi connectivity index (χ1n) is 12.8. The molecule has 8 heteroatoms. The topological polar surface area (TPSA) is 75.7 Å². The molecule has 3 aromatic carbocycles. The molecule has 1 heterocycles. The molecule has 0 radical (unpaired) electrons. The van der Waals surface area contributed by atoms with E-state index in [1.165, 1.54) is 0 Å². The molecule has 4 rings (SSSR count). The van der Waals surface area contributed by atoms with Crippen LogP contribution in [0.1, 0.15) is 66.2 Å². The fraction of sp³-hybridized carbons (Fsp3) is 0.258. The number of carbonyl (C=O) groups is 3. The summed E-state index contributed by atoms with van der Waals surface area (Å²) in [5.41, 5.74) is 3.88. The molecule has 2 amide bonds. The Morgan fingerprint density at radius 1 is 1.03 bits per heavy atom. The summed E-state index contributed by atoms with van der Waals surface area (Å²) in [7, 11) is 0. The molecule has 2 unspecified atom stereocenters. The summed E-state index contributed by atoms with van der Waals surface area (Å²) in [6.45, 7) is 5.82. The number of halogens is 2. The number of nitrogens with zero attached hydrogens (tertiary/aromatic N) is 1. The lowest BCUT2D eigenvalue weighted by Crippen LogP contribution is -2.38. The largest absolute Gasteiger partial charge is 0.463 e. The van der Waals surface area contributed by atoms with E-state index in [1.54, 1.807) is 55.1 Å². The van der Waals surface area contributed by atoms with Gasteiger partial charge in [-0.15, -0.1) is 0 Å². The van der Waals surface area contributed by atoms with Gasteiger partial charge in [0.15, 0.2) is 0 Å². The van der Waals surface area contributed by atoms with E-state index in [4.69, 9.17) is 27.9 Å². The number of amides is 2. The standard InChI is InChI=1S/C31H30Cl2N2O4/c1-4-39-31(38)29-20(3)35(28(36)17-25(29)23-13-14-26(32)27(33)16-23)18-21-9-8-12-24(15-21)30(37)34-19(2)22-10-6-5-7-11-22/h5-16,19,25H,4,17-18H2,1-3H3,(H,34,37). The Hall–Kier alpha value is -3.61. The predicted octanol–water partition coefficient (Wildman–Crippen LogP) is 6.84. The van der Waals surface area contributed by atoms with Crippen LogP contribution in [-0.4, -0.2) is 29.3 Å². The van der Waals surface area contributed by atoms with Crippen LogP contribution in [-0.2, 0) is 20.9 Å². The smallest absolute Gasteiger partial charge is 0.336 e. The molecule has 1 N–H and O–H groups in total. The SMILES string of the molecule is CCOC(=O)C1=C(C)N(Cc2cccc(C(=O)NC(C)c3ccccc3)c2)C(=O)CC1c1ccc(Cl)c(Cl)c1. The molecule has 0 saturated carbocycles. The first-order chi connectivity index (χ1) is 18.7. The zero-order valence-corrected chi connectivity index (χ0v) is 23.6. The third-order valence-electron chi connectivity index (χ3n) is 6.84. The Bertz CT molecular complexity index is 1420. The van der Waals surface area contributed by atoms with Gasteiger partial charge in [-0.1, -0.05) is 71.7 Å². The molecular formula is C31H30Cl2N2O4. The van der Waals surface area contributed by atoms with Crippen LogP contribution in [0.15, 0.2) is 84.1 Å². The molecule has 0 bridgehead atoms. The van der Waals surface area contributed by atoms with Gasteiger partial charge in [-0.3, -0.25) is 9.59 Å². The third kappa shape index (κ3) is 6.52. The minimum atomic E-state index is -0.515. The molecule has 2 atom stereocenters. The first-order valence-corrected chi connectivity index (χ1v) is 13.5. The number of hydrogen-bond acceptors (Lipinski definition) is 4. The molecule has 0 spiro atoms. The second-order valence-corrected chi connectivity index (χ2v) is 10.3. The van der Waals surface area contributed by atoms with Crippen LogP contribution in [0.2, 0.25) is 10.0 Å². The average Bonchev–Trinajstić information content (AvgIpc) is 2.93. The molecule has 3 aromatic rings. The van der Waals surface area contributed by atoms with Crippen LogP contribution in [0, 0.1) is 0 Å². The molecule has 202 valence electrons. The van der Waals surface area contributed by atoms with Crippen molar-refractivity contribution in [3.05, 3.63) is 116 Å². The number of benzene rings is 3. The number of nitrogens with one attached hydrogen (secondary N) is 1.